The topological polar surface area (TPSA) is 58.6 Å². The minimum atomic E-state index is -0.341. The van der Waals surface area contributed by atoms with E-state index in [1.165, 1.54) is 58.3 Å². The Balaban J connectivity index is 1.66. The molecule has 186 valence electrons. The summed E-state index contributed by atoms with van der Waals surface area (Å²) in [7, 11) is 0. The molecule has 34 heavy (non-hydrogen) atoms. The molecule has 0 saturated heterocycles. The number of benzene rings is 2. The van der Waals surface area contributed by atoms with Crippen molar-refractivity contribution in [2.45, 2.75) is 97.6 Å². The van der Waals surface area contributed by atoms with Crippen LogP contribution in [0.15, 0.2) is 54.6 Å². The SMILES string of the molecule is CCCCCCCCCCCCC(=O)Nc1ccc(CN(Cc2ccccc2)OC(C)=O)cc1. The van der Waals surface area contributed by atoms with Crippen LogP contribution in [0.3, 0.4) is 0 Å². The molecule has 0 aliphatic carbocycles. The summed E-state index contributed by atoms with van der Waals surface area (Å²) in [5.74, 6) is -0.273. The van der Waals surface area contributed by atoms with Crippen molar-refractivity contribution in [1.29, 1.82) is 0 Å². The minimum absolute atomic E-state index is 0.0675. The van der Waals surface area contributed by atoms with E-state index in [0.717, 1.165) is 29.7 Å². The van der Waals surface area contributed by atoms with Crippen molar-refractivity contribution in [3.8, 4) is 0 Å². The number of carbonyl (C=O) groups is 2. The van der Waals surface area contributed by atoms with Crippen molar-refractivity contribution >= 4 is 17.6 Å². The van der Waals surface area contributed by atoms with Crippen LogP contribution in [-0.4, -0.2) is 16.9 Å². The first-order valence-electron chi connectivity index (χ1n) is 12.9. The number of unbranched alkanes of at least 4 members (excludes halogenated alkanes) is 9. The minimum Gasteiger partial charge on any atom is -0.368 e. The van der Waals surface area contributed by atoms with Gasteiger partial charge in [-0.2, -0.15) is 0 Å². The molecule has 0 radical (unpaired) electrons. The zero-order valence-corrected chi connectivity index (χ0v) is 21.1. The van der Waals surface area contributed by atoms with Crippen LogP contribution < -0.4 is 5.32 Å². The average molecular weight is 467 g/mol. The van der Waals surface area contributed by atoms with Gasteiger partial charge in [-0.25, -0.2) is 0 Å². The van der Waals surface area contributed by atoms with Crippen LogP contribution >= 0.6 is 0 Å². The molecule has 1 N–H and O–H groups in total. The molecule has 1 amide bonds. The maximum Gasteiger partial charge on any atom is 0.322 e. The van der Waals surface area contributed by atoms with Crippen molar-refractivity contribution in [3.63, 3.8) is 0 Å². The number of anilines is 1. The fourth-order valence-corrected chi connectivity index (χ4v) is 3.98. The third-order valence-corrected chi connectivity index (χ3v) is 5.81. The predicted octanol–water partition coefficient (Wildman–Crippen LogP) is 7.42. The van der Waals surface area contributed by atoms with Gasteiger partial charge in [0.1, 0.15) is 0 Å². The van der Waals surface area contributed by atoms with Crippen LogP contribution in [0.1, 0.15) is 95.6 Å². The number of rotatable bonds is 17. The highest BCUT2D eigenvalue weighted by atomic mass is 16.7. The molecule has 0 saturated carbocycles. The Bertz CT molecular complexity index is 821. The van der Waals surface area contributed by atoms with E-state index in [1.807, 2.05) is 54.6 Å². The Morgan fingerprint density at radius 3 is 1.82 bits per heavy atom. The summed E-state index contributed by atoms with van der Waals surface area (Å²) in [5.41, 5.74) is 2.87. The molecule has 2 rings (SSSR count). The van der Waals surface area contributed by atoms with Gasteiger partial charge in [0.05, 0.1) is 13.1 Å². The van der Waals surface area contributed by atoms with Crippen molar-refractivity contribution in [1.82, 2.24) is 5.06 Å². The molecule has 2 aromatic rings. The summed E-state index contributed by atoms with van der Waals surface area (Å²) >= 11 is 0. The first-order chi connectivity index (χ1) is 16.6. The summed E-state index contributed by atoms with van der Waals surface area (Å²) < 4.78 is 0. The Kier molecular flexibility index (Phi) is 13.7. The molecule has 2 aromatic carbocycles. The molecule has 5 nitrogen and oxygen atoms in total. The second kappa shape index (κ2) is 16.9. The van der Waals surface area contributed by atoms with Gasteiger partial charge in [-0.3, -0.25) is 9.59 Å². The van der Waals surface area contributed by atoms with Crippen LogP contribution in [0.2, 0.25) is 0 Å². The fraction of sp³-hybridized carbons (Fsp3) is 0.517. The monoisotopic (exact) mass is 466 g/mol. The van der Waals surface area contributed by atoms with Crippen LogP contribution in [-0.2, 0) is 27.5 Å². The molecule has 5 heteroatoms. The summed E-state index contributed by atoms with van der Waals surface area (Å²) in [6, 6.07) is 17.6. The number of nitrogens with one attached hydrogen (secondary N) is 1. The Morgan fingerprint density at radius 2 is 1.26 bits per heavy atom. The van der Waals surface area contributed by atoms with E-state index in [1.54, 1.807) is 5.06 Å². The summed E-state index contributed by atoms with van der Waals surface area (Å²) in [6.45, 7) is 4.64. The van der Waals surface area contributed by atoms with Gasteiger partial charge in [-0.05, 0) is 29.7 Å². The third kappa shape index (κ3) is 12.5. The highest BCUT2D eigenvalue weighted by molar-refractivity contribution is 5.90. The van der Waals surface area contributed by atoms with Crippen molar-refractivity contribution in [3.05, 3.63) is 65.7 Å². The first kappa shape index (κ1) is 27.6. The molecule has 0 aliphatic heterocycles. The highest BCUT2D eigenvalue weighted by Gasteiger charge is 2.11. The molecule has 0 atom stereocenters. The lowest BCUT2D eigenvalue weighted by Gasteiger charge is -2.21. The lowest BCUT2D eigenvalue weighted by atomic mass is 10.1. The number of amides is 1. The number of hydrogen-bond donors (Lipinski definition) is 1. The molecule has 0 aliphatic rings. The van der Waals surface area contributed by atoms with Gasteiger partial charge in [0.2, 0.25) is 5.91 Å². The second-order valence-corrected chi connectivity index (χ2v) is 9.04. The molecule has 0 bridgehead atoms. The molecule has 0 fully saturated rings. The fourth-order valence-electron chi connectivity index (χ4n) is 3.98. The number of nitrogens with zero attached hydrogens (tertiary/aromatic N) is 1. The Labute approximate surface area is 205 Å². The van der Waals surface area contributed by atoms with E-state index in [4.69, 9.17) is 4.84 Å². The van der Waals surface area contributed by atoms with Gasteiger partial charge in [0.15, 0.2) is 0 Å². The highest BCUT2D eigenvalue weighted by Crippen LogP contribution is 2.16. The quantitative estimate of drug-likeness (QED) is 0.195. The number of carbonyl (C=O) groups excluding carboxylic acids is 2. The standard InChI is InChI=1S/C29H42N2O3/c1-3-4-5-6-7-8-9-10-11-15-18-29(33)30-28-21-19-27(20-22-28)24-31(34-25(2)32)23-26-16-13-12-14-17-26/h12-14,16-17,19-22H,3-11,15,18,23-24H2,1-2H3,(H,30,33). The van der Waals surface area contributed by atoms with Gasteiger partial charge < -0.3 is 10.2 Å². The van der Waals surface area contributed by atoms with E-state index in [0.29, 0.717) is 19.5 Å². The van der Waals surface area contributed by atoms with Crippen molar-refractivity contribution < 1.29 is 14.4 Å². The van der Waals surface area contributed by atoms with Gasteiger partial charge in [0.25, 0.3) is 0 Å². The van der Waals surface area contributed by atoms with E-state index in [-0.39, 0.29) is 11.9 Å². The van der Waals surface area contributed by atoms with Gasteiger partial charge >= 0.3 is 5.97 Å². The lowest BCUT2D eigenvalue weighted by Crippen LogP contribution is -2.25. The Hall–Kier alpha value is -2.66. The van der Waals surface area contributed by atoms with Crippen LogP contribution in [0, 0.1) is 0 Å². The van der Waals surface area contributed by atoms with Crippen LogP contribution in [0.4, 0.5) is 5.69 Å². The smallest absolute Gasteiger partial charge is 0.322 e. The van der Waals surface area contributed by atoms with E-state index in [2.05, 4.69) is 12.2 Å². The van der Waals surface area contributed by atoms with Crippen molar-refractivity contribution in [2.24, 2.45) is 0 Å². The lowest BCUT2D eigenvalue weighted by molar-refractivity contribution is -0.194. The summed E-state index contributed by atoms with van der Waals surface area (Å²) in [5, 5.41) is 4.64. The van der Waals surface area contributed by atoms with E-state index in [9.17, 15) is 9.59 Å². The van der Waals surface area contributed by atoms with E-state index >= 15 is 0 Å². The number of hydrogen-bond acceptors (Lipinski definition) is 4. The largest absolute Gasteiger partial charge is 0.368 e. The normalized spacial score (nSPS) is 10.9. The predicted molar refractivity (Wildman–Crippen MR) is 139 cm³/mol. The molecule has 0 spiro atoms. The van der Waals surface area contributed by atoms with Gasteiger partial charge in [-0.1, -0.05) is 107 Å². The number of hydroxylamine groups is 2. The molecule has 0 aromatic heterocycles. The van der Waals surface area contributed by atoms with Crippen LogP contribution in [0.25, 0.3) is 0 Å². The molecule has 0 heterocycles. The maximum atomic E-state index is 12.3. The van der Waals surface area contributed by atoms with Crippen molar-refractivity contribution in [2.75, 3.05) is 5.32 Å². The molecular weight excluding hydrogens is 424 g/mol. The molecule has 0 unspecified atom stereocenters. The first-order valence-corrected chi connectivity index (χ1v) is 12.9. The zero-order valence-electron chi connectivity index (χ0n) is 21.1. The summed E-state index contributed by atoms with van der Waals surface area (Å²) in [4.78, 5) is 29.1. The van der Waals surface area contributed by atoms with E-state index < -0.39 is 0 Å². The third-order valence-electron chi connectivity index (χ3n) is 5.81. The summed E-state index contributed by atoms with van der Waals surface area (Å²) in [6.07, 6.45) is 13.2. The average Bonchev–Trinajstić information content (AvgIpc) is 2.82. The second-order valence-electron chi connectivity index (χ2n) is 9.04. The molecular formula is C29H42N2O3. The Morgan fingerprint density at radius 1 is 0.735 bits per heavy atom. The maximum absolute atomic E-state index is 12.3. The van der Waals surface area contributed by atoms with Gasteiger partial charge in [0, 0.05) is 19.0 Å². The van der Waals surface area contributed by atoms with Gasteiger partial charge in [-0.15, -0.1) is 5.06 Å². The zero-order chi connectivity index (χ0) is 24.4. The van der Waals surface area contributed by atoms with Crippen LogP contribution in [0.5, 0.6) is 0 Å².